The zero-order chi connectivity index (χ0) is 15.0. The Morgan fingerprint density at radius 3 is 2.75 bits per heavy atom. The standard InChI is InChI=1S/C13H23F3N2O2/c1-2-3-7-18(8-11-5-4-6-17-11)12(19)9-20-10-13(14,15)16/h11,17H,2-10H2,1H3. The first-order valence-electron chi connectivity index (χ1n) is 7.08. The van der Waals surface area contributed by atoms with Gasteiger partial charge in [-0.1, -0.05) is 13.3 Å². The number of halogens is 3. The van der Waals surface area contributed by atoms with Crippen molar-refractivity contribution < 1.29 is 22.7 Å². The topological polar surface area (TPSA) is 41.6 Å². The number of amides is 1. The number of nitrogens with zero attached hydrogens (tertiary/aromatic N) is 1. The lowest BCUT2D eigenvalue weighted by Crippen LogP contribution is -2.43. The van der Waals surface area contributed by atoms with Crippen molar-refractivity contribution in [1.82, 2.24) is 10.2 Å². The van der Waals surface area contributed by atoms with Gasteiger partial charge in [-0.3, -0.25) is 4.79 Å². The Morgan fingerprint density at radius 2 is 2.20 bits per heavy atom. The average molecular weight is 296 g/mol. The van der Waals surface area contributed by atoms with Crippen LogP contribution in [0.2, 0.25) is 0 Å². The molecule has 1 N–H and O–H groups in total. The number of hydrogen-bond acceptors (Lipinski definition) is 3. The second-order valence-corrected chi connectivity index (χ2v) is 5.09. The predicted octanol–water partition coefficient (Wildman–Crippen LogP) is 1.95. The molecule has 4 nitrogen and oxygen atoms in total. The molecule has 0 aromatic heterocycles. The summed E-state index contributed by atoms with van der Waals surface area (Å²) >= 11 is 0. The zero-order valence-corrected chi connectivity index (χ0v) is 11.8. The van der Waals surface area contributed by atoms with Crippen molar-refractivity contribution in [2.24, 2.45) is 0 Å². The molecule has 1 rings (SSSR count). The molecule has 0 spiro atoms. The summed E-state index contributed by atoms with van der Waals surface area (Å²) in [4.78, 5) is 13.5. The van der Waals surface area contributed by atoms with Crippen LogP contribution < -0.4 is 5.32 Å². The highest BCUT2D eigenvalue weighted by molar-refractivity contribution is 5.77. The third-order valence-corrected chi connectivity index (χ3v) is 3.23. The van der Waals surface area contributed by atoms with Gasteiger partial charge < -0.3 is 15.0 Å². The summed E-state index contributed by atoms with van der Waals surface area (Å²) in [6.07, 6.45) is -0.533. The molecule has 1 amide bonds. The molecule has 0 radical (unpaired) electrons. The minimum Gasteiger partial charge on any atom is -0.362 e. The number of carbonyl (C=O) groups excluding carboxylic acids is 1. The first-order valence-corrected chi connectivity index (χ1v) is 7.08. The lowest BCUT2D eigenvalue weighted by Gasteiger charge is -2.26. The lowest BCUT2D eigenvalue weighted by molar-refractivity contribution is -0.177. The largest absolute Gasteiger partial charge is 0.411 e. The van der Waals surface area contributed by atoms with Gasteiger partial charge in [-0.25, -0.2) is 0 Å². The highest BCUT2D eigenvalue weighted by Crippen LogP contribution is 2.14. The summed E-state index contributed by atoms with van der Waals surface area (Å²) in [6.45, 7) is 2.19. The van der Waals surface area contributed by atoms with E-state index in [0.717, 1.165) is 32.2 Å². The maximum absolute atomic E-state index is 12.0. The summed E-state index contributed by atoms with van der Waals surface area (Å²) in [5.74, 6) is -0.364. The SMILES string of the molecule is CCCCN(CC1CCCN1)C(=O)COCC(F)(F)F. The molecule has 0 bridgehead atoms. The van der Waals surface area contributed by atoms with Crippen molar-refractivity contribution in [3.63, 3.8) is 0 Å². The molecule has 0 saturated carbocycles. The van der Waals surface area contributed by atoms with Crippen molar-refractivity contribution in [3.8, 4) is 0 Å². The van der Waals surface area contributed by atoms with Gasteiger partial charge in [0.05, 0.1) is 0 Å². The number of rotatable bonds is 8. The number of hydrogen-bond donors (Lipinski definition) is 1. The monoisotopic (exact) mass is 296 g/mol. The van der Waals surface area contributed by atoms with Gasteiger partial charge in [0.1, 0.15) is 13.2 Å². The van der Waals surface area contributed by atoms with Gasteiger partial charge >= 0.3 is 6.18 Å². The molecule has 0 aliphatic carbocycles. The van der Waals surface area contributed by atoms with Crippen LogP contribution in [0.25, 0.3) is 0 Å². The predicted molar refractivity (Wildman–Crippen MR) is 69.4 cm³/mol. The number of unbranched alkanes of at least 4 members (excludes halogenated alkanes) is 1. The molecule has 0 aromatic rings. The molecule has 1 aliphatic heterocycles. The summed E-state index contributed by atoms with van der Waals surface area (Å²) in [5, 5.41) is 3.28. The van der Waals surface area contributed by atoms with Gasteiger partial charge in [-0.2, -0.15) is 13.2 Å². The van der Waals surface area contributed by atoms with Crippen LogP contribution in [0, 0.1) is 0 Å². The van der Waals surface area contributed by atoms with E-state index >= 15 is 0 Å². The van der Waals surface area contributed by atoms with E-state index in [1.807, 2.05) is 6.92 Å². The first-order chi connectivity index (χ1) is 9.42. The number of carbonyl (C=O) groups is 1. The van der Waals surface area contributed by atoms with E-state index in [1.54, 1.807) is 4.90 Å². The van der Waals surface area contributed by atoms with Crippen LogP contribution in [0.3, 0.4) is 0 Å². The average Bonchev–Trinajstić information content (AvgIpc) is 2.85. The molecule has 20 heavy (non-hydrogen) atoms. The van der Waals surface area contributed by atoms with Crippen molar-refractivity contribution in [1.29, 1.82) is 0 Å². The van der Waals surface area contributed by atoms with Gasteiger partial charge in [0, 0.05) is 19.1 Å². The number of nitrogens with one attached hydrogen (secondary N) is 1. The maximum Gasteiger partial charge on any atom is 0.411 e. The summed E-state index contributed by atoms with van der Waals surface area (Å²) < 4.78 is 40.4. The highest BCUT2D eigenvalue weighted by atomic mass is 19.4. The van der Waals surface area contributed by atoms with Crippen LogP contribution in [0.4, 0.5) is 13.2 Å². The fourth-order valence-corrected chi connectivity index (χ4v) is 2.19. The normalized spacial score (nSPS) is 19.3. The Bertz CT molecular complexity index is 292. The van der Waals surface area contributed by atoms with E-state index in [-0.39, 0.29) is 11.9 Å². The molecule has 1 aliphatic rings. The molecular formula is C13H23F3N2O2. The van der Waals surface area contributed by atoms with Crippen molar-refractivity contribution in [3.05, 3.63) is 0 Å². The van der Waals surface area contributed by atoms with Crippen LogP contribution in [-0.2, 0) is 9.53 Å². The highest BCUT2D eigenvalue weighted by Gasteiger charge is 2.28. The van der Waals surface area contributed by atoms with Crippen LogP contribution in [-0.4, -0.2) is 55.9 Å². The van der Waals surface area contributed by atoms with Crippen LogP contribution in [0.1, 0.15) is 32.6 Å². The fraction of sp³-hybridized carbons (Fsp3) is 0.923. The quantitative estimate of drug-likeness (QED) is 0.744. The van der Waals surface area contributed by atoms with Gasteiger partial charge in [0.15, 0.2) is 0 Å². The number of alkyl halides is 3. The summed E-state index contributed by atoms with van der Waals surface area (Å²) in [6, 6.07) is 0.249. The van der Waals surface area contributed by atoms with Crippen molar-refractivity contribution in [2.75, 3.05) is 32.8 Å². The first kappa shape index (κ1) is 17.2. The summed E-state index contributed by atoms with van der Waals surface area (Å²) in [7, 11) is 0. The van der Waals surface area contributed by atoms with Crippen LogP contribution in [0.15, 0.2) is 0 Å². The molecule has 1 atom stereocenters. The van der Waals surface area contributed by atoms with E-state index in [1.165, 1.54) is 0 Å². The Morgan fingerprint density at radius 1 is 1.45 bits per heavy atom. The second kappa shape index (κ2) is 8.46. The number of ether oxygens (including phenoxy) is 1. The second-order valence-electron chi connectivity index (χ2n) is 5.09. The fourth-order valence-electron chi connectivity index (χ4n) is 2.19. The van der Waals surface area contributed by atoms with Gasteiger partial charge in [-0.05, 0) is 25.8 Å². The minimum atomic E-state index is -4.39. The minimum absolute atomic E-state index is 0.249. The summed E-state index contributed by atoms with van der Waals surface area (Å²) in [5.41, 5.74) is 0. The third kappa shape index (κ3) is 7.09. The Labute approximate surface area is 117 Å². The Kier molecular flexibility index (Phi) is 7.29. The van der Waals surface area contributed by atoms with E-state index < -0.39 is 19.4 Å². The Balaban J connectivity index is 2.37. The lowest BCUT2D eigenvalue weighted by atomic mass is 10.2. The smallest absolute Gasteiger partial charge is 0.362 e. The van der Waals surface area contributed by atoms with Gasteiger partial charge in [0.25, 0.3) is 0 Å². The van der Waals surface area contributed by atoms with E-state index in [9.17, 15) is 18.0 Å². The maximum atomic E-state index is 12.0. The van der Waals surface area contributed by atoms with E-state index in [0.29, 0.717) is 13.1 Å². The molecule has 1 saturated heterocycles. The Hall–Kier alpha value is -0.820. The third-order valence-electron chi connectivity index (χ3n) is 3.23. The zero-order valence-electron chi connectivity index (χ0n) is 11.8. The molecule has 7 heteroatoms. The molecular weight excluding hydrogens is 273 g/mol. The molecule has 1 heterocycles. The van der Waals surface area contributed by atoms with Gasteiger partial charge in [0.2, 0.25) is 5.91 Å². The van der Waals surface area contributed by atoms with Crippen molar-refractivity contribution >= 4 is 5.91 Å². The molecule has 118 valence electrons. The van der Waals surface area contributed by atoms with Crippen LogP contribution in [0.5, 0.6) is 0 Å². The van der Waals surface area contributed by atoms with Gasteiger partial charge in [-0.15, -0.1) is 0 Å². The van der Waals surface area contributed by atoms with E-state index in [2.05, 4.69) is 10.1 Å². The molecule has 1 unspecified atom stereocenters. The van der Waals surface area contributed by atoms with E-state index in [4.69, 9.17) is 0 Å². The van der Waals surface area contributed by atoms with Crippen molar-refractivity contribution in [2.45, 2.75) is 44.8 Å². The molecule has 1 fully saturated rings. The molecule has 0 aromatic carbocycles. The van der Waals surface area contributed by atoms with Crippen LogP contribution >= 0.6 is 0 Å².